The van der Waals surface area contributed by atoms with Crippen LogP contribution in [0.1, 0.15) is 49.9 Å². The number of unbranched alkanes of at least 4 members (excludes halogenated alkanes) is 1. The number of allylic oxidation sites excluding steroid dienone is 2. The summed E-state index contributed by atoms with van der Waals surface area (Å²) in [5.74, 6) is 2.03. The first-order chi connectivity index (χ1) is 11.8. The number of nitrogens with one attached hydrogen (secondary N) is 1. The second-order valence-electron chi connectivity index (χ2n) is 6.08. The lowest BCUT2D eigenvalue weighted by atomic mass is 9.88. The van der Waals surface area contributed by atoms with Gasteiger partial charge in [0.05, 0.1) is 0 Å². The van der Waals surface area contributed by atoms with Gasteiger partial charge in [-0.05, 0) is 30.7 Å². The summed E-state index contributed by atoms with van der Waals surface area (Å²) in [5, 5.41) is 10.9. The van der Waals surface area contributed by atoms with Gasteiger partial charge in [0.2, 0.25) is 11.1 Å². The number of carbonyl (C=O) groups is 1. The predicted octanol–water partition coefficient (Wildman–Crippen LogP) is 4.25. The summed E-state index contributed by atoms with van der Waals surface area (Å²) in [6.45, 7) is 2.18. The number of fused-ring (bicyclic) bond motifs is 1. The van der Waals surface area contributed by atoms with Crippen molar-refractivity contribution in [2.75, 3.05) is 11.1 Å². The van der Waals surface area contributed by atoms with Crippen molar-refractivity contribution < 1.29 is 4.79 Å². The summed E-state index contributed by atoms with van der Waals surface area (Å²) in [6, 6.07) is 3.99. The third kappa shape index (κ3) is 2.80. The molecule has 1 aliphatic carbocycles. The monoisotopic (exact) mass is 360 g/mol. The van der Waals surface area contributed by atoms with Crippen molar-refractivity contribution in [2.45, 2.75) is 50.2 Å². The van der Waals surface area contributed by atoms with Crippen LogP contribution in [0.25, 0.3) is 0 Å². The second-order valence-corrected chi connectivity index (χ2v) is 8.12. The van der Waals surface area contributed by atoms with Gasteiger partial charge < -0.3 is 5.32 Å². The molecule has 126 valence electrons. The Balaban J connectivity index is 1.74. The van der Waals surface area contributed by atoms with Crippen molar-refractivity contribution in [1.82, 2.24) is 14.8 Å². The van der Waals surface area contributed by atoms with Gasteiger partial charge in [0.15, 0.2) is 5.78 Å². The average molecular weight is 361 g/mol. The van der Waals surface area contributed by atoms with Crippen molar-refractivity contribution in [1.29, 1.82) is 0 Å². The number of aromatic nitrogens is 3. The molecule has 0 spiro atoms. The Morgan fingerprint density at radius 2 is 2.38 bits per heavy atom. The first-order valence-corrected chi connectivity index (χ1v) is 10.3. The van der Waals surface area contributed by atoms with Gasteiger partial charge in [-0.3, -0.25) is 4.79 Å². The molecule has 1 aliphatic heterocycles. The predicted molar refractivity (Wildman–Crippen MR) is 97.6 cm³/mol. The third-order valence-electron chi connectivity index (χ3n) is 4.39. The van der Waals surface area contributed by atoms with E-state index in [9.17, 15) is 4.79 Å². The highest BCUT2D eigenvalue weighted by molar-refractivity contribution is 7.99. The molecule has 1 N–H and O–H groups in total. The highest BCUT2D eigenvalue weighted by Crippen LogP contribution is 2.41. The van der Waals surface area contributed by atoms with E-state index in [1.807, 2.05) is 10.7 Å². The van der Waals surface area contributed by atoms with E-state index in [2.05, 4.69) is 28.7 Å². The molecule has 0 unspecified atom stereocenters. The zero-order valence-corrected chi connectivity index (χ0v) is 15.3. The van der Waals surface area contributed by atoms with E-state index < -0.39 is 0 Å². The quantitative estimate of drug-likeness (QED) is 0.638. The fourth-order valence-corrected chi connectivity index (χ4v) is 4.95. The Hall–Kier alpha value is -1.60. The highest BCUT2D eigenvalue weighted by Gasteiger charge is 2.37. The number of rotatable bonds is 5. The maximum Gasteiger partial charge on any atom is 0.227 e. The van der Waals surface area contributed by atoms with Gasteiger partial charge in [-0.2, -0.15) is 4.98 Å². The van der Waals surface area contributed by atoms with Gasteiger partial charge in [-0.15, -0.1) is 16.4 Å². The smallest absolute Gasteiger partial charge is 0.227 e. The zero-order valence-electron chi connectivity index (χ0n) is 13.6. The van der Waals surface area contributed by atoms with Gasteiger partial charge >= 0.3 is 0 Å². The summed E-state index contributed by atoms with van der Waals surface area (Å²) in [5.41, 5.74) is 1.92. The average Bonchev–Trinajstić information content (AvgIpc) is 3.22. The fraction of sp³-hybridized carbons (Fsp3) is 0.471. The molecule has 0 radical (unpaired) electrons. The molecule has 2 aromatic rings. The number of carbonyl (C=O) groups excluding carboxylic acids is 1. The lowest BCUT2D eigenvalue weighted by molar-refractivity contribution is -0.116. The van der Waals surface area contributed by atoms with Crippen LogP contribution in [0.2, 0.25) is 0 Å². The Labute approximate surface area is 149 Å². The molecule has 0 saturated heterocycles. The minimum Gasteiger partial charge on any atom is -0.328 e. The highest BCUT2D eigenvalue weighted by atomic mass is 32.2. The topological polar surface area (TPSA) is 59.8 Å². The molecule has 3 heterocycles. The van der Waals surface area contributed by atoms with E-state index in [1.165, 1.54) is 6.42 Å². The Morgan fingerprint density at radius 3 is 3.17 bits per heavy atom. The molecule has 2 aliphatic rings. The minimum absolute atomic E-state index is 0.128. The number of thiophene rings is 1. The molecule has 7 heteroatoms. The third-order valence-corrected chi connectivity index (χ3v) is 6.24. The second kappa shape index (κ2) is 6.72. The van der Waals surface area contributed by atoms with Crippen LogP contribution >= 0.6 is 23.1 Å². The number of anilines is 1. The van der Waals surface area contributed by atoms with Crippen LogP contribution in [0.5, 0.6) is 0 Å². The molecule has 1 atom stereocenters. The lowest BCUT2D eigenvalue weighted by Gasteiger charge is -2.31. The summed E-state index contributed by atoms with van der Waals surface area (Å²) in [7, 11) is 0. The van der Waals surface area contributed by atoms with Crippen LogP contribution in [-0.4, -0.2) is 26.3 Å². The maximum atomic E-state index is 12.6. The molecule has 0 fully saturated rings. The Morgan fingerprint density at radius 1 is 1.46 bits per heavy atom. The first-order valence-electron chi connectivity index (χ1n) is 8.44. The molecule has 0 bridgehead atoms. The summed E-state index contributed by atoms with van der Waals surface area (Å²) >= 11 is 3.36. The van der Waals surface area contributed by atoms with Crippen molar-refractivity contribution in [3.05, 3.63) is 33.7 Å². The van der Waals surface area contributed by atoms with Crippen LogP contribution in [0.3, 0.4) is 0 Å². The van der Waals surface area contributed by atoms with E-state index in [-0.39, 0.29) is 11.8 Å². The maximum absolute atomic E-state index is 12.6. The summed E-state index contributed by atoms with van der Waals surface area (Å²) < 4.78 is 1.90. The van der Waals surface area contributed by atoms with E-state index in [0.29, 0.717) is 6.42 Å². The Kier molecular flexibility index (Phi) is 4.45. The fourth-order valence-electron chi connectivity index (χ4n) is 3.22. The van der Waals surface area contributed by atoms with Crippen molar-refractivity contribution in [3.8, 4) is 0 Å². The van der Waals surface area contributed by atoms with Gasteiger partial charge in [-0.1, -0.05) is 31.2 Å². The van der Waals surface area contributed by atoms with Gasteiger partial charge in [-0.25, -0.2) is 4.68 Å². The van der Waals surface area contributed by atoms with E-state index in [0.717, 1.165) is 52.3 Å². The van der Waals surface area contributed by atoms with Crippen molar-refractivity contribution >= 4 is 34.8 Å². The molecule has 0 amide bonds. The standard InChI is InChI=1S/C17H20N4OS2/c1-2-3-9-24-17-19-16-18-11-6-4-7-12(22)14(11)15(21(16)20-17)13-8-5-10-23-13/h5,8,10,15H,2-4,6-7,9H2,1H3,(H,18,19,20)/t15-/m0/s1. The summed E-state index contributed by atoms with van der Waals surface area (Å²) in [6.07, 6.45) is 4.78. The lowest BCUT2D eigenvalue weighted by Crippen LogP contribution is -2.31. The molecule has 0 aromatic carbocycles. The molecule has 0 saturated carbocycles. The van der Waals surface area contributed by atoms with Crippen LogP contribution in [0.4, 0.5) is 5.95 Å². The SMILES string of the molecule is CCCCSc1nc2n(n1)[C@@H](c1cccs1)C1=C(CCCC1=O)N2. The van der Waals surface area contributed by atoms with Gasteiger partial charge in [0.1, 0.15) is 6.04 Å². The first kappa shape index (κ1) is 15.9. The molecule has 2 aromatic heterocycles. The van der Waals surface area contributed by atoms with E-state index in [4.69, 9.17) is 5.10 Å². The molecular weight excluding hydrogens is 340 g/mol. The Bertz CT molecular complexity index is 779. The molecule has 24 heavy (non-hydrogen) atoms. The van der Waals surface area contributed by atoms with Crippen LogP contribution < -0.4 is 5.32 Å². The molecular formula is C17H20N4OS2. The van der Waals surface area contributed by atoms with Crippen molar-refractivity contribution in [2.24, 2.45) is 0 Å². The number of hydrogen-bond donors (Lipinski definition) is 1. The number of nitrogens with zero attached hydrogens (tertiary/aromatic N) is 3. The van der Waals surface area contributed by atoms with Crippen molar-refractivity contribution in [3.63, 3.8) is 0 Å². The van der Waals surface area contributed by atoms with Crippen LogP contribution in [0, 0.1) is 0 Å². The van der Waals surface area contributed by atoms with Crippen LogP contribution in [-0.2, 0) is 4.79 Å². The number of Topliss-reactive ketones (excluding diaryl/α,β-unsaturated/α-hetero) is 1. The van der Waals surface area contributed by atoms with Gasteiger partial charge in [0.25, 0.3) is 0 Å². The largest absolute Gasteiger partial charge is 0.328 e. The van der Waals surface area contributed by atoms with Crippen LogP contribution in [0.15, 0.2) is 33.9 Å². The van der Waals surface area contributed by atoms with E-state index in [1.54, 1.807) is 23.1 Å². The molecule has 5 nitrogen and oxygen atoms in total. The van der Waals surface area contributed by atoms with E-state index >= 15 is 0 Å². The summed E-state index contributed by atoms with van der Waals surface area (Å²) in [4.78, 5) is 18.4. The molecule has 4 rings (SSSR count). The normalized spacial score (nSPS) is 19.9. The minimum atomic E-state index is -0.128. The number of ketones is 1. The van der Waals surface area contributed by atoms with Gasteiger partial charge in [0, 0.05) is 28.3 Å². The zero-order chi connectivity index (χ0) is 16.5. The number of thioether (sulfide) groups is 1. The number of hydrogen-bond acceptors (Lipinski definition) is 6.